The lowest BCUT2D eigenvalue weighted by atomic mass is 10.1. The Morgan fingerprint density at radius 3 is 2.79 bits per heavy atom. The van der Waals surface area contributed by atoms with Gasteiger partial charge in [0.05, 0.1) is 16.9 Å². The Morgan fingerprint density at radius 2 is 2.21 bits per heavy atom. The molecule has 1 fully saturated rings. The highest BCUT2D eigenvalue weighted by molar-refractivity contribution is 5.74. The van der Waals surface area contributed by atoms with Gasteiger partial charge in [0.2, 0.25) is 0 Å². The van der Waals surface area contributed by atoms with Gasteiger partial charge in [-0.25, -0.2) is 0 Å². The van der Waals surface area contributed by atoms with E-state index in [1.165, 1.54) is 12.8 Å². The van der Waals surface area contributed by atoms with Crippen molar-refractivity contribution in [3.8, 4) is 6.07 Å². The minimum atomic E-state index is 0.565. The molecule has 0 aliphatic heterocycles. The van der Waals surface area contributed by atoms with Crippen LogP contribution in [0.3, 0.4) is 0 Å². The molecule has 1 aromatic rings. The van der Waals surface area contributed by atoms with Crippen LogP contribution >= 0.6 is 0 Å². The quantitative estimate of drug-likeness (QED) is 0.717. The molecule has 1 saturated carbocycles. The van der Waals surface area contributed by atoms with Gasteiger partial charge in [-0.2, -0.15) is 5.26 Å². The van der Waals surface area contributed by atoms with E-state index in [2.05, 4.69) is 11.0 Å². The summed E-state index contributed by atoms with van der Waals surface area (Å²) in [4.78, 5) is 2.16. The van der Waals surface area contributed by atoms with Gasteiger partial charge in [0, 0.05) is 13.1 Å². The average molecular weight is 187 g/mol. The molecule has 14 heavy (non-hydrogen) atoms. The van der Waals surface area contributed by atoms with E-state index in [-0.39, 0.29) is 0 Å². The lowest BCUT2D eigenvalue weighted by Crippen LogP contribution is -2.20. The molecule has 0 atom stereocenters. The van der Waals surface area contributed by atoms with E-state index in [0.29, 0.717) is 17.3 Å². The molecule has 0 saturated heterocycles. The highest BCUT2D eigenvalue weighted by Crippen LogP contribution is 2.34. The Labute approximate surface area is 83.7 Å². The summed E-state index contributed by atoms with van der Waals surface area (Å²) in [6.07, 6.45) is 2.46. The van der Waals surface area contributed by atoms with E-state index in [9.17, 15) is 0 Å². The topological polar surface area (TPSA) is 53.0 Å². The van der Waals surface area contributed by atoms with E-state index in [0.717, 1.165) is 5.69 Å². The monoisotopic (exact) mass is 187 g/mol. The fourth-order valence-corrected chi connectivity index (χ4v) is 1.62. The Morgan fingerprint density at radius 1 is 1.50 bits per heavy atom. The van der Waals surface area contributed by atoms with Crippen LogP contribution < -0.4 is 10.6 Å². The van der Waals surface area contributed by atoms with E-state index >= 15 is 0 Å². The van der Waals surface area contributed by atoms with Gasteiger partial charge >= 0.3 is 0 Å². The fourth-order valence-electron chi connectivity index (χ4n) is 1.62. The van der Waals surface area contributed by atoms with Crippen LogP contribution in [0.1, 0.15) is 18.4 Å². The third kappa shape index (κ3) is 1.39. The molecule has 3 heteroatoms. The highest BCUT2D eigenvalue weighted by atomic mass is 15.2. The van der Waals surface area contributed by atoms with Crippen molar-refractivity contribution in [3.63, 3.8) is 0 Å². The maximum atomic E-state index is 8.83. The summed E-state index contributed by atoms with van der Waals surface area (Å²) in [7, 11) is 2.03. The van der Waals surface area contributed by atoms with E-state index < -0.39 is 0 Å². The second-order valence-electron chi connectivity index (χ2n) is 3.69. The zero-order valence-electron chi connectivity index (χ0n) is 8.20. The first kappa shape index (κ1) is 8.89. The molecule has 0 amide bonds. The smallest absolute Gasteiger partial charge is 0.101 e. The molecule has 2 N–H and O–H groups in total. The number of hydrogen-bond donors (Lipinski definition) is 1. The third-order valence-corrected chi connectivity index (χ3v) is 2.68. The fraction of sp³-hybridized carbons (Fsp3) is 0.364. The molecule has 0 radical (unpaired) electrons. The predicted molar refractivity (Wildman–Crippen MR) is 57.0 cm³/mol. The van der Waals surface area contributed by atoms with Crippen molar-refractivity contribution in [1.29, 1.82) is 5.26 Å². The Kier molecular flexibility index (Phi) is 2.05. The minimum Gasteiger partial charge on any atom is -0.396 e. The lowest BCUT2D eigenvalue weighted by Gasteiger charge is -2.20. The van der Waals surface area contributed by atoms with Crippen LogP contribution in [-0.2, 0) is 0 Å². The molecule has 0 bridgehead atoms. The van der Waals surface area contributed by atoms with Crippen molar-refractivity contribution in [2.24, 2.45) is 0 Å². The van der Waals surface area contributed by atoms with E-state index in [4.69, 9.17) is 11.0 Å². The number of hydrogen-bond acceptors (Lipinski definition) is 3. The van der Waals surface area contributed by atoms with Crippen molar-refractivity contribution < 1.29 is 0 Å². The van der Waals surface area contributed by atoms with Crippen LogP contribution in [0.2, 0.25) is 0 Å². The van der Waals surface area contributed by atoms with Crippen molar-refractivity contribution >= 4 is 11.4 Å². The van der Waals surface area contributed by atoms with Gasteiger partial charge in [-0.3, -0.25) is 0 Å². The molecule has 0 heterocycles. The molecule has 0 unspecified atom stereocenters. The molecule has 0 aromatic heterocycles. The number of para-hydroxylation sites is 1. The summed E-state index contributed by atoms with van der Waals surface area (Å²) in [6, 6.07) is 8.31. The first-order valence-electron chi connectivity index (χ1n) is 4.75. The third-order valence-electron chi connectivity index (χ3n) is 2.68. The van der Waals surface area contributed by atoms with Crippen molar-refractivity contribution in [3.05, 3.63) is 23.8 Å². The SMILES string of the molecule is CN(c1cccc(C#N)c1N)C1CC1. The zero-order valence-corrected chi connectivity index (χ0v) is 8.20. The van der Waals surface area contributed by atoms with Crippen molar-refractivity contribution in [2.45, 2.75) is 18.9 Å². The zero-order chi connectivity index (χ0) is 10.1. The van der Waals surface area contributed by atoms with E-state index in [1.807, 2.05) is 19.2 Å². The van der Waals surface area contributed by atoms with Crippen LogP contribution in [-0.4, -0.2) is 13.1 Å². The average Bonchev–Trinajstić information content (AvgIpc) is 3.00. The van der Waals surface area contributed by atoms with Crippen molar-refractivity contribution in [2.75, 3.05) is 17.7 Å². The molecule has 3 nitrogen and oxygen atoms in total. The molecule has 0 spiro atoms. The summed E-state index contributed by atoms with van der Waals surface area (Å²) >= 11 is 0. The number of nitriles is 1. The number of nitrogen functional groups attached to an aromatic ring is 1. The van der Waals surface area contributed by atoms with Crippen LogP contribution in [0.5, 0.6) is 0 Å². The maximum absolute atomic E-state index is 8.83. The molecular weight excluding hydrogens is 174 g/mol. The molecular formula is C11H13N3. The van der Waals surface area contributed by atoms with Gasteiger partial charge in [-0.15, -0.1) is 0 Å². The van der Waals surface area contributed by atoms with Crippen LogP contribution in [0, 0.1) is 11.3 Å². The van der Waals surface area contributed by atoms with Crippen molar-refractivity contribution in [1.82, 2.24) is 0 Å². The van der Waals surface area contributed by atoms with Gasteiger partial charge < -0.3 is 10.6 Å². The summed E-state index contributed by atoms with van der Waals surface area (Å²) < 4.78 is 0. The summed E-state index contributed by atoms with van der Waals surface area (Å²) in [6.45, 7) is 0. The maximum Gasteiger partial charge on any atom is 0.101 e. The second kappa shape index (κ2) is 3.22. The molecule has 1 aromatic carbocycles. The van der Waals surface area contributed by atoms with Gasteiger partial charge in [0.25, 0.3) is 0 Å². The Bertz CT molecular complexity index is 388. The summed E-state index contributed by atoms with van der Waals surface area (Å²) in [5.74, 6) is 0. The van der Waals surface area contributed by atoms with Crippen LogP contribution in [0.25, 0.3) is 0 Å². The molecule has 2 rings (SSSR count). The molecule has 1 aliphatic carbocycles. The Hall–Kier alpha value is -1.69. The second-order valence-corrected chi connectivity index (χ2v) is 3.69. The standard InChI is InChI=1S/C11H13N3/c1-14(9-5-6-9)10-4-2-3-8(7-12)11(10)13/h2-4,9H,5-6,13H2,1H3. The summed E-state index contributed by atoms with van der Waals surface area (Å²) in [5.41, 5.74) is 8.04. The van der Waals surface area contributed by atoms with E-state index in [1.54, 1.807) is 6.07 Å². The predicted octanol–water partition coefficient (Wildman–Crippen LogP) is 1.74. The van der Waals surface area contributed by atoms with Gasteiger partial charge in [0.15, 0.2) is 0 Å². The lowest BCUT2D eigenvalue weighted by molar-refractivity contribution is 0.918. The largest absolute Gasteiger partial charge is 0.396 e. The first-order valence-corrected chi connectivity index (χ1v) is 4.75. The van der Waals surface area contributed by atoms with Gasteiger partial charge in [-0.05, 0) is 25.0 Å². The normalized spacial score (nSPS) is 14.9. The van der Waals surface area contributed by atoms with Crippen LogP contribution in [0.15, 0.2) is 18.2 Å². The molecule has 72 valence electrons. The Balaban J connectivity index is 2.37. The number of nitrogens with two attached hydrogens (primary N) is 1. The van der Waals surface area contributed by atoms with Crippen LogP contribution in [0.4, 0.5) is 11.4 Å². The minimum absolute atomic E-state index is 0.565. The molecule has 1 aliphatic rings. The number of rotatable bonds is 2. The highest BCUT2D eigenvalue weighted by Gasteiger charge is 2.27. The van der Waals surface area contributed by atoms with Gasteiger partial charge in [-0.1, -0.05) is 6.07 Å². The number of anilines is 2. The number of nitrogens with zero attached hydrogens (tertiary/aromatic N) is 2. The van der Waals surface area contributed by atoms with Gasteiger partial charge in [0.1, 0.15) is 6.07 Å². The summed E-state index contributed by atoms with van der Waals surface area (Å²) in [5, 5.41) is 8.83. The number of benzene rings is 1. The first-order chi connectivity index (χ1) is 6.74.